The molecule has 0 bridgehead atoms. The second-order valence-corrected chi connectivity index (χ2v) is 7.86. The lowest BCUT2D eigenvalue weighted by molar-refractivity contribution is -0.123. The van der Waals surface area contributed by atoms with Crippen molar-refractivity contribution in [1.29, 1.82) is 0 Å². The number of carbonyl (C=O) groups is 1. The first-order valence-corrected chi connectivity index (χ1v) is 8.53. The van der Waals surface area contributed by atoms with Crippen LogP contribution in [0.15, 0.2) is 11.4 Å². The second kappa shape index (κ2) is 6.46. The van der Waals surface area contributed by atoms with E-state index >= 15 is 0 Å². The van der Waals surface area contributed by atoms with E-state index < -0.39 is 0 Å². The topological polar surface area (TPSA) is 58.4 Å². The minimum Gasteiger partial charge on any atom is -0.351 e. The minimum atomic E-state index is -0.190. The molecule has 0 fully saturated rings. The summed E-state index contributed by atoms with van der Waals surface area (Å²) in [7, 11) is 0. The molecule has 1 aromatic heterocycles. The zero-order chi connectivity index (χ0) is 15.6. The van der Waals surface area contributed by atoms with Crippen molar-refractivity contribution in [2.75, 3.05) is 13.1 Å². The predicted molar refractivity (Wildman–Crippen MR) is 88.5 cm³/mol. The fraction of sp³-hybridized carbons (Fsp3) is 0.688. The summed E-state index contributed by atoms with van der Waals surface area (Å²) in [5, 5.41) is 5.19. The third-order valence-electron chi connectivity index (χ3n) is 4.00. The van der Waals surface area contributed by atoms with Gasteiger partial charge in [-0.1, -0.05) is 0 Å². The summed E-state index contributed by atoms with van der Waals surface area (Å²) in [5.74, 6) is 0.0845. The highest BCUT2D eigenvalue weighted by Gasteiger charge is 2.31. The summed E-state index contributed by atoms with van der Waals surface area (Å²) < 4.78 is 0. The highest BCUT2D eigenvalue weighted by atomic mass is 32.1. The quantitative estimate of drug-likeness (QED) is 0.897. The van der Waals surface area contributed by atoms with E-state index in [-0.39, 0.29) is 17.5 Å². The molecule has 21 heavy (non-hydrogen) atoms. The number of rotatable bonds is 4. The molecule has 0 saturated carbocycles. The van der Waals surface area contributed by atoms with Gasteiger partial charge in [-0.25, -0.2) is 0 Å². The molecule has 2 unspecified atom stereocenters. The van der Waals surface area contributed by atoms with E-state index in [0.717, 1.165) is 13.0 Å². The van der Waals surface area contributed by atoms with Crippen molar-refractivity contribution in [2.45, 2.75) is 58.2 Å². The van der Waals surface area contributed by atoms with E-state index in [1.807, 2.05) is 32.1 Å². The smallest absolute Gasteiger partial charge is 0.222 e. The summed E-state index contributed by atoms with van der Waals surface area (Å²) in [6, 6.07) is 2.66. The number of thiophene rings is 1. The molecule has 1 aliphatic rings. The zero-order valence-corrected chi connectivity index (χ0v) is 14.3. The van der Waals surface area contributed by atoms with E-state index in [1.165, 1.54) is 10.4 Å². The fourth-order valence-corrected chi connectivity index (χ4v) is 4.01. The Morgan fingerprint density at radius 1 is 1.57 bits per heavy atom. The Hall–Kier alpha value is -0.910. The van der Waals surface area contributed by atoms with Crippen molar-refractivity contribution in [3.05, 3.63) is 21.9 Å². The molecular weight excluding hydrogens is 282 g/mol. The molecule has 0 radical (unpaired) electrons. The van der Waals surface area contributed by atoms with Crippen LogP contribution in [0.3, 0.4) is 0 Å². The van der Waals surface area contributed by atoms with Crippen molar-refractivity contribution in [3.8, 4) is 0 Å². The first-order chi connectivity index (χ1) is 9.81. The number of carbonyl (C=O) groups excluding carboxylic acids is 1. The Morgan fingerprint density at radius 2 is 2.29 bits per heavy atom. The van der Waals surface area contributed by atoms with Crippen LogP contribution >= 0.6 is 11.3 Å². The summed E-state index contributed by atoms with van der Waals surface area (Å²) in [6.07, 6.45) is 1.53. The molecule has 5 heteroatoms. The van der Waals surface area contributed by atoms with Crippen LogP contribution in [0.25, 0.3) is 0 Å². The van der Waals surface area contributed by atoms with Gasteiger partial charge < -0.3 is 11.1 Å². The average Bonchev–Trinajstić information content (AvgIpc) is 2.84. The lowest BCUT2D eigenvalue weighted by Gasteiger charge is -2.39. The molecule has 0 spiro atoms. The van der Waals surface area contributed by atoms with Gasteiger partial charge in [0.05, 0.1) is 0 Å². The van der Waals surface area contributed by atoms with Crippen molar-refractivity contribution in [3.63, 3.8) is 0 Å². The summed E-state index contributed by atoms with van der Waals surface area (Å²) in [5.41, 5.74) is 7.17. The standard InChI is InChI=1S/C16H27N3OS/c1-11-13-6-8-21-14(13)5-7-19(11)12(10-17)9-15(20)18-16(2,3)4/h6,8,11-12H,5,7,9-10,17H2,1-4H3,(H,18,20). The van der Waals surface area contributed by atoms with Gasteiger partial charge in [-0.05, 0) is 51.1 Å². The molecule has 2 heterocycles. The van der Waals surface area contributed by atoms with Crippen LogP contribution in [-0.4, -0.2) is 35.5 Å². The van der Waals surface area contributed by atoms with Crippen LogP contribution in [-0.2, 0) is 11.2 Å². The van der Waals surface area contributed by atoms with Gasteiger partial charge in [0, 0.05) is 42.0 Å². The van der Waals surface area contributed by atoms with Gasteiger partial charge in [0.15, 0.2) is 0 Å². The van der Waals surface area contributed by atoms with Gasteiger partial charge in [0.25, 0.3) is 0 Å². The number of hydrogen-bond acceptors (Lipinski definition) is 4. The Labute approximate surface area is 131 Å². The van der Waals surface area contributed by atoms with Crippen LogP contribution in [0.4, 0.5) is 0 Å². The monoisotopic (exact) mass is 309 g/mol. The van der Waals surface area contributed by atoms with Gasteiger partial charge in [-0.2, -0.15) is 0 Å². The maximum atomic E-state index is 12.2. The molecule has 118 valence electrons. The van der Waals surface area contributed by atoms with Crippen LogP contribution < -0.4 is 11.1 Å². The maximum Gasteiger partial charge on any atom is 0.222 e. The molecule has 0 saturated heterocycles. The summed E-state index contributed by atoms with van der Waals surface area (Å²) >= 11 is 1.84. The summed E-state index contributed by atoms with van der Waals surface area (Å²) in [6.45, 7) is 9.73. The molecule has 0 aliphatic carbocycles. The number of nitrogens with one attached hydrogen (secondary N) is 1. The number of nitrogens with two attached hydrogens (primary N) is 1. The molecule has 1 aromatic rings. The molecule has 1 aliphatic heterocycles. The van der Waals surface area contributed by atoms with Gasteiger partial charge >= 0.3 is 0 Å². The van der Waals surface area contributed by atoms with Crippen molar-refractivity contribution in [2.24, 2.45) is 5.73 Å². The van der Waals surface area contributed by atoms with E-state index in [1.54, 1.807) is 0 Å². The molecule has 4 nitrogen and oxygen atoms in total. The number of hydrogen-bond donors (Lipinski definition) is 2. The lowest BCUT2D eigenvalue weighted by Crippen LogP contribution is -2.49. The Kier molecular flexibility index (Phi) is 5.07. The molecule has 2 rings (SSSR count). The van der Waals surface area contributed by atoms with Gasteiger partial charge in [0.1, 0.15) is 0 Å². The Morgan fingerprint density at radius 3 is 2.90 bits per heavy atom. The van der Waals surface area contributed by atoms with Gasteiger partial charge in [0.2, 0.25) is 5.91 Å². The minimum absolute atomic E-state index is 0.0845. The molecule has 0 aromatic carbocycles. The van der Waals surface area contributed by atoms with Crippen molar-refractivity contribution < 1.29 is 4.79 Å². The predicted octanol–water partition coefficient (Wildman–Crippen LogP) is 2.30. The van der Waals surface area contributed by atoms with Crippen LogP contribution in [0.1, 0.15) is 50.6 Å². The van der Waals surface area contributed by atoms with Crippen molar-refractivity contribution in [1.82, 2.24) is 10.2 Å². The highest BCUT2D eigenvalue weighted by molar-refractivity contribution is 7.10. The van der Waals surface area contributed by atoms with E-state index in [0.29, 0.717) is 19.0 Å². The zero-order valence-electron chi connectivity index (χ0n) is 13.5. The third-order valence-corrected chi connectivity index (χ3v) is 5.00. The van der Waals surface area contributed by atoms with E-state index in [9.17, 15) is 4.79 Å². The largest absolute Gasteiger partial charge is 0.351 e. The highest BCUT2D eigenvalue weighted by Crippen LogP contribution is 2.34. The second-order valence-electron chi connectivity index (χ2n) is 6.85. The van der Waals surface area contributed by atoms with Gasteiger partial charge in [-0.15, -0.1) is 11.3 Å². The van der Waals surface area contributed by atoms with Crippen molar-refractivity contribution >= 4 is 17.2 Å². The maximum absolute atomic E-state index is 12.2. The number of amides is 1. The molecular formula is C16H27N3OS. The SMILES string of the molecule is CC1c2ccsc2CCN1C(CN)CC(=O)NC(C)(C)C. The first kappa shape index (κ1) is 16.5. The molecule has 3 N–H and O–H groups in total. The Balaban J connectivity index is 2.03. The first-order valence-electron chi connectivity index (χ1n) is 7.65. The Bertz CT molecular complexity index is 492. The van der Waals surface area contributed by atoms with Crippen LogP contribution in [0, 0.1) is 0 Å². The fourth-order valence-electron chi connectivity index (χ4n) is 3.05. The van der Waals surface area contributed by atoms with E-state index in [4.69, 9.17) is 5.73 Å². The molecule has 1 amide bonds. The molecule has 2 atom stereocenters. The number of fused-ring (bicyclic) bond motifs is 1. The normalized spacial score (nSPS) is 20.9. The average molecular weight is 309 g/mol. The van der Waals surface area contributed by atoms with Crippen LogP contribution in [0.2, 0.25) is 0 Å². The number of nitrogens with zero attached hydrogens (tertiary/aromatic N) is 1. The summed E-state index contributed by atoms with van der Waals surface area (Å²) in [4.78, 5) is 16.0. The van der Waals surface area contributed by atoms with E-state index in [2.05, 4.69) is 28.6 Å². The third kappa shape index (κ3) is 4.05. The van der Waals surface area contributed by atoms with Gasteiger partial charge in [-0.3, -0.25) is 9.69 Å². The lowest BCUT2D eigenvalue weighted by atomic mass is 9.97. The van der Waals surface area contributed by atoms with Crippen LogP contribution in [0.5, 0.6) is 0 Å².